The number of rotatable bonds is 8. The van der Waals surface area contributed by atoms with Crippen LogP contribution in [0.3, 0.4) is 0 Å². The van der Waals surface area contributed by atoms with Crippen LogP contribution in [-0.2, 0) is 0 Å². The fourth-order valence-electron chi connectivity index (χ4n) is 3.32. The largest absolute Gasteiger partial charge is 0.495 e. The van der Waals surface area contributed by atoms with Crippen LogP contribution < -0.4 is 20.3 Å². The highest BCUT2D eigenvalue weighted by molar-refractivity contribution is 14.0. The molecule has 1 aromatic rings. The molecule has 2 rings (SSSR count). The Hall–Kier alpha value is -1.43. The lowest BCUT2D eigenvalue weighted by Crippen LogP contribution is -2.45. The summed E-state index contributed by atoms with van der Waals surface area (Å²) < 4.78 is 42.4. The molecule has 0 radical (unpaired) electrons. The number of benzene rings is 1. The van der Waals surface area contributed by atoms with Crippen LogP contribution in [0.25, 0.3) is 0 Å². The zero-order chi connectivity index (χ0) is 20.6. The molecule has 1 atom stereocenters. The Morgan fingerprint density at radius 2 is 2.07 bits per heavy atom. The van der Waals surface area contributed by atoms with Crippen molar-refractivity contribution in [3.8, 4) is 5.75 Å². The molecular formula is C19H31F3IN5O. The van der Waals surface area contributed by atoms with Gasteiger partial charge in [-0.15, -0.1) is 24.0 Å². The maximum atomic E-state index is 12.3. The van der Waals surface area contributed by atoms with E-state index in [0.717, 1.165) is 30.9 Å². The Labute approximate surface area is 187 Å². The van der Waals surface area contributed by atoms with E-state index < -0.39 is 12.7 Å². The molecule has 0 spiro atoms. The second-order valence-corrected chi connectivity index (χ2v) is 6.95. The van der Waals surface area contributed by atoms with Gasteiger partial charge in [-0.3, -0.25) is 9.89 Å². The van der Waals surface area contributed by atoms with Crippen molar-refractivity contribution in [2.24, 2.45) is 4.99 Å². The van der Waals surface area contributed by atoms with Crippen LogP contribution in [0.4, 0.5) is 18.9 Å². The zero-order valence-corrected chi connectivity index (χ0v) is 19.5. The van der Waals surface area contributed by atoms with Gasteiger partial charge in [0, 0.05) is 32.7 Å². The quantitative estimate of drug-likeness (QED) is 0.235. The summed E-state index contributed by atoms with van der Waals surface area (Å²) >= 11 is 0. The molecular weight excluding hydrogens is 498 g/mol. The highest BCUT2D eigenvalue weighted by Gasteiger charge is 2.29. The van der Waals surface area contributed by atoms with Gasteiger partial charge in [-0.25, -0.2) is 0 Å². The van der Waals surface area contributed by atoms with Crippen molar-refractivity contribution in [1.82, 2.24) is 15.5 Å². The van der Waals surface area contributed by atoms with Crippen LogP contribution in [0, 0.1) is 0 Å². The number of methoxy groups -OCH3 is 1. The number of nitrogens with zero attached hydrogens (tertiary/aromatic N) is 3. The first-order chi connectivity index (χ1) is 13.3. The summed E-state index contributed by atoms with van der Waals surface area (Å²) in [7, 11) is 4.84. The summed E-state index contributed by atoms with van der Waals surface area (Å²) in [6.45, 7) is 1.78. The molecule has 29 heavy (non-hydrogen) atoms. The van der Waals surface area contributed by atoms with Crippen LogP contribution in [0.15, 0.2) is 29.3 Å². The summed E-state index contributed by atoms with van der Waals surface area (Å²) in [6, 6.07) is 8.18. The van der Waals surface area contributed by atoms with Crippen molar-refractivity contribution >= 4 is 35.6 Å². The van der Waals surface area contributed by atoms with E-state index >= 15 is 0 Å². The molecule has 1 fully saturated rings. The van der Waals surface area contributed by atoms with Gasteiger partial charge in [-0.1, -0.05) is 12.1 Å². The Morgan fingerprint density at radius 1 is 1.34 bits per heavy atom. The van der Waals surface area contributed by atoms with Crippen LogP contribution in [-0.4, -0.2) is 77.0 Å². The van der Waals surface area contributed by atoms with Crippen molar-refractivity contribution in [3.05, 3.63) is 24.3 Å². The fraction of sp³-hybridized carbons (Fsp3) is 0.632. The summed E-state index contributed by atoms with van der Waals surface area (Å²) in [5, 5.41) is 6.57. The number of nitrogens with one attached hydrogen (secondary N) is 2. The van der Waals surface area contributed by atoms with Gasteiger partial charge in [-0.05, 0) is 38.6 Å². The summed E-state index contributed by atoms with van der Waals surface area (Å²) in [6.07, 6.45) is -2.59. The molecule has 1 aliphatic heterocycles. The third-order valence-electron chi connectivity index (χ3n) is 4.64. The third-order valence-corrected chi connectivity index (χ3v) is 4.64. The molecule has 1 saturated heterocycles. The van der Waals surface area contributed by atoms with Gasteiger partial charge in [0.15, 0.2) is 5.96 Å². The molecule has 1 unspecified atom stereocenters. The number of anilines is 1. The average molecular weight is 529 g/mol. The summed E-state index contributed by atoms with van der Waals surface area (Å²) in [4.78, 5) is 7.77. The number of hydrogen-bond donors (Lipinski definition) is 2. The van der Waals surface area contributed by atoms with E-state index in [4.69, 9.17) is 4.74 Å². The van der Waals surface area contributed by atoms with E-state index in [1.807, 2.05) is 24.3 Å². The second-order valence-electron chi connectivity index (χ2n) is 6.95. The lowest BCUT2D eigenvalue weighted by atomic mass is 10.2. The van der Waals surface area contributed by atoms with E-state index in [2.05, 4.69) is 20.5 Å². The van der Waals surface area contributed by atoms with Crippen LogP contribution in [0.2, 0.25) is 0 Å². The number of aliphatic imine (C=N–C) groups is 1. The van der Waals surface area contributed by atoms with Crippen molar-refractivity contribution in [2.45, 2.75) is 25.1 Å². The molecule has 1 aliphatic rings. The Kier molecular flexibility index (Phi) is 10.9. The minimum Gasteiger partial charge on any atom is -0.495 e. The van der Waals surface area contributed by atoms with Crippen LogP contribution in [0.1, 0.15) is 12.8 Å². The minimum absolute atomic E-state index is 0. The topological polar surface area (TPSA) is 52.1 Å². The zero-order valence-electron chi connectivity index (χ0n) is 17.1. The maximum absolute atomic E-state index is 12.3. The highest BCUT2D eigenvalue weighted by Crippen LogP contribution is 2.30. The van der Waals surface area contributed by atoms with Crippen molar-refractivity contribution in [3.63, 3.8) is 0 Å². The van der Waals surface area contributed by atoms with Gasteiger partial charge in [0.2, 0.25) is 0 Å². The van der Waals surface area contributed by atoms with Crippen molar-refractivity contribution in [2.75, 3.05) is 58.8 Å². The molecule has 0 amide bonds. The molecule has 0 saturated carbocycles. The Bertz CT molecular complexity index is 645. The highest BCUT2D eigenvalue weighted by atomic mass is 127. The van der Waals surface area contributed by atoms with E-state index in [9.17, 15) is 13.2 Å². The van der Waals surface area contributed by atoms with E-state index in [0.29, 0.717) is 25.5 Å². The Balaban J connectivity index is 0.00000420. The van der Waals surface area contributed by atoms with Crippen molar-refractivity contribution in [1.29, 1.82) is 0 Å². The van der Waals surface area contributed by atoms with E-state index in [1.54, 1.807) is 14.2 Å². The maximum Gasteiger partial charge on any atom is 0.401 e. The molecule has 0 bridgehead atoms. The van der Waals surface area contributed by atoms with Gasteiger partial charge >= 0.3 is 6.18 Å². The van der Waals surface area contributed by atoms with Crippen molar-refractivity contribution < 1.29 is 17.9 Å². The van der Waals surface area contributed by atoms with E-state index in [-0.39, 0.29) is 30.0 Å². The average Bonchev–Trinajstić information content (AvgIpc) is 3.11. The molecule has 166 valence electrons. The number of ether oxygens (including phenoxy) is 1. The predicted molar refractivity (Wildman–Crippen MR) is 122 cm³/mol. The van der Waals surface area contributed by atoms with Gasteiger partial charge in [0.05, 0.1) is 19.3 Å². The molecule has 10 heteroatoms. The second kappa shape index (κ2) is 12.3. The van der Waals surface area contributed by atoms with E-state index in [1.165, 1.54) is 11.9 Å². The lowest BCUT2D eigenvalue weighted by molar-refractivity contribution is -0.143. The number of guanidine groups is 1. The molecule has 2 N–H and O–H groups in total. The van der Waals surface area contributed by atoms with Crippen LogP contribution in [0.5, 0.6) is 5.75 Å². The standard InChI is InChI=1S/C19H30F3N5O.HI/c1-23-18(24-10-6-11-26(2)14-19(20,21)22)25-15-9-12-27(13-15)16-7-4-5-8-17(16)28-3;/h4-5,7-8,15H,6,9-14H2,1-3H3,(H2,23,24,25);1H. The number of hydrogen-bond acceptors (Lipinski definition) is 4. The Morgan fingerprint density at radius 3 is 2.72 bits per heavy atom. The third kappa shape index (κ3) is 8.85. The first-order valence-corrected chi connectivity index (χ1v) is 9.43. The normalized spacial score (nSPS) is 17.3. The first kappa shape index (κ1) is 25.6. The van der Waals surface area contributed by atoms with Crippen LogP contribution >= 0.6 is 24.0 Å². The van der Waals surface area contributed by atoms with Gasteiger partial charge in [-0.2, -0.15) is 13.2 Å². The SMILES string of the molecule is CN=C(NCCCN(C)CC(F)(F)F)NC1CCN(c2ccccc2OC)C1.I. The monoisotopic (exact) mass is 529 g/mol. The first-order valence-electron chi connectivity index (χ1n) is 9.43. The molecule has 1 heterocycles. The van der Waals surface area contributed by atoms with Gasteiger partial charge < -0.3 is 20.3 Å². The molecule has 0 aromatic heterocycles. The molecule has 6 nitrogen and oxygen atoms in total. The smallest absolute Gasteiger partial charge is 0.401 e. The summed E-state index contributed by atoms with van der Waals surface area (Å²) in [5.41, 5.74) is 1.07. The number of halogens is 4. The molecule has 1 aromatic carbocycles. The van der Waals surface area contributed by atoms with Gasteiger partial charge in [0.25, 0.3) is 0 Å². The number of alkyl halides is 3. The minimum atomic E-state index is -4.16. The predicted octanol–water partition coefficient (Wildman–Crippen LogP) is 2.94. The number of para-hydroxylation sites is 2. The fourth-order valence-corrected chi connectivity index (χ4v) is 3.32. The summed E-state index contributed by atoms with van der Waals surface area (Å²) in [5.74, 6) is 1.53. The molecule has 0 aliphatic carbocycles. The lowest BCUT2D eigenvalue weighted by Gasteiger charge is -2.22. The van der Waals surface area contributed by atoms with Gasteiger partial charge in [0.1, 0.15) is 5.75 Å².